The van der Waals surface area contributed by atoms with Gasteiger partial charge in [-0.15, -0.1) is 0 Å². The highest BCUT2D eigenvalue weighted by Gasteiger charge is 2.24. The molecule has 1 aliphatic rings. The van der Waals surface area contributed by atoms with Crippen molar-refractivity contribution in [3.8, 4) is 11.6 Å². The summed E-state index contributed by atoms with van der Waals surface area (Å²) in [4.78, 5) is 29.7. The highest BCUT2D eigenvalue weighted by molar-refractivity contribution is 8.26. The fourth-order valence-corrected chi connectivity index (χ4v) is 3.46. The molecule has 1 N–H and O–H groups in total. The number of fused-ring (bicyclic) bond motifs is 1. The van der Waals surface area contributed by atoms with E-state index in [0.29, 0.717) is 20.6 Å². The summed E-state index contributed by atoms with van der Waals surface area (Å²) in [6.07, 6.45) is 3.08. The minimum absolute atomic E-state index is 0.131. The van der Waals surface area contributed by atoms with Crippen molar-refractivity contribution in [2.24, 2.45) is 0 Å². The van der Waals surface area contributed by atoms with Crippen molar-refractivity contribution in [2.45, 2.75) is 0 Å². The molecule has 3 heterocycles. The van der Waals surface area contributed by atoms with Gasteiger partial charge in [0.05, 0.1) is 4.91 Å². The van der Waals surface area contributed by atoms with Gasteiger partial charge in [0, 0.05) is 6.20 Å². The molecular formula is C18H11N3O3S2. The number of benzene rings is 1. The van der Waals surface area contributed by atoms with Crippen molar-refractivity contribution in [3.05, 3.63) is 75.6 Å². The van der Waals surface area contributed by atoms with Crippen LogP contribution in [0.4, 0.5) is 0 Å². The van der Waals surface area contributed by atoms with Crippen molar-refractivity contribution in [2.75, 3.05) is 0 Å². The maximum absolute atomic E-state index is 12.9. The van der Waals surface area contributed by atoms with Gasteiger partial charge in [0.1, 0.15) is 21.3 Å². The monoisotopic (exact) mass is 381 g/mol. The van der Waals surface area contributed by atoms with E-state index in [-0.39, 0.29) is 22.9 Å². The lowest BCUT2D eigenvalue weighted by Crippen LogP contribution is -2.20. The summed E-state index contributed by atoms with van der Waals surface area (Å²) < 4.78 is 7.58. The Morgan fingerprint density at radius 1 is 1.12 bits per heavy atom. The molecule has 128 valence electrons. The first-order chi connectivity index (χ1) is 12.6. The van der Waals surface area contributed by atoms with Gasteiger partial charge in [0.2, 0.25) is 5.88 Å². The van der Waals surface area contributed by atoms with Crippen LogP contribution in [0.25, 0.3) is 11.7 Å². The number of carbonyl (C=O) groups excluding carboxylic acids is 1. The molecule has 4 rings (SSSR count). The number of amides is 1. The largest absolute Gasteiger partial charge is 0.438 e. The number of ether oxygens (including phenoxy) is 1. The first-order valence-electron chi connectivity index (χ1n) is 7.61. The fraction of sp³-hybridized carbons (Fsp3) is 0. The molecule has 1 amide bonds. The smallest absolute Gasteiger partial charge is 0.269 e. The third-order valence-electron chi connectivity index (χ3n) is 3.61. The quantitative estimate of drug-likeness (QED) is 0.555. The Morgan fingerprint density at radius 3 is 2.62 bits per heavy atom. The molecule has 0 radical (unpaired) electrons. The molecule has 0 spiro atoms. The standard InChI is InChI=1S/C18H11N3O3S2/c22-15-13(26-18(25)20-15)10-12-16(24-11-6-2-1-3-7-11)19-14-8-4-5-9-21(14)17(12)23/h1-10H,(H,20,22,25)/b13-10-. The predicted octanol–water partition coefficient (Wildman–Crippen LogP) is 2.98. The second kappa shape index (κ2) is 6.74. The number of rotatable bonds is 3. The first kappa shape index (κ1) is 16.5. The molecule has 6 nitrogen and oxygen atoms in total. The van der Waals surface area contributed by atoms with Crippen LogP contribution >= 0.6 is 24.0 Å². The Bertz CT molecular complexity index is 1120. The summed E-state index contributed by atoms with van der Waals surface area (Å²) in [6.45, 7) is 0. The number of thioether (sulfide) groups is 1. The van der Waals surface area contributed by atoms with Crippen LogP contribution in [0.15, 0.2) is 64.4 Å². The van der Waals surface area contributed by atoms with E-state index in [2.05, 4.69) is 10.3 Å². The minimum atomic E-state index is -0.344. The van der Waals surface area contributed by atoms with Crippen LogP contribution < -0.4 is 15.6 Å². The Hall–Kier alpha value is -2.97. The summed E-state index contributed by atoms with van der Waals surface area (Å²) in [5.74, 6) is 0.327. The van der Waals surface area contributed by atoms with E-state index >= 15 is 0 Å². The fourth-order valence-electron chi connectivity index (χ4n) is 2.44. The third-order valence-corrected chi connectivity index (χ3v) is 4.77. The van der Waals surface area contributed by atoms with Crippen LogP contribution in [-0.4, -0.2) is 19.6 Å². The van der Waals surface area contributed by atoms with Crippen LogP contribution in [0.5, 0.6) is 11.6 Å². The summed E-state index contributed by atoms with van der Waals surface area (Å²) in [7, 11) is 0. The van der Waals surface area contributed by atoms with Gasteiger partial charge < -0.3 is 10.1 Å². The van der Waals surface area contributed by atoms with Crippen molar-refractivity contribution in [1.82, 2.24) is 14.7 Å². The second-order valence-electron chi connectivity index (χ2n) is 5.33. The van der Waals surface area contributed by atoms with Gasteiger partial charge in [-0.2, -0.15) is 4.98 Å². The average Bonchev–Trinajstić information content (AvgIpc) is 2.96. The van der Waals surface area contributed by atoms with Gasteiger partial charge in [-0.3, -0.25) is 14.0 Å². The Balaban J connectivity index is 1.91. The Labute approximate surface area is 157 Å². The summed E-state index contributed by atoms with van der Waals surface area (Å²) in [5, 5.41) is 2.53. The lowest BCUT2D eigenvalue weighted by molar-refractivity contribution is -0.115. The number of nitrogens with zero attached hydrogens (tertiary/aromatic N) is 2. The van der Waals surface area contributed by atoms with Gasteiger partial charge in [-0.1, -0.05) is 48.2 Å². The van der Waals surface area contributed by atoms with Crippen molar-refractivity contribution < 1.29 is 9.53 Å². The SMILES string of the molecule is O=C1NC(=S)S/C1=C\c1c(Oc2ccccc2)nc2ccccn2c1=O. The molecule has 3 aromatic rings. The van der Waals surface area contributed by atoms with Crippen LogP contribution in [0.1, 0.15) is 5.56 Å². The molecule has 0 aliphatic carbocycles. The number of nitrogens with one attached hydrogen (secondary N) is 1. The van der Waals surface area contributed by atoms with Crippen LogP contribution in [0, 0.1) is 0 Å². The van der Waals surface area contributed by atoms with E-state index in [1.54, 1.807) is 36.5 Å². The predicted molar refractivity (Wildman–Crippen MR) is 104 cm³/mol. The molecule has 2 aromatic heterocycles. The molecule has 8 heteroatoms. The maximum atomic E-state index is 12.9. The Kier molecular flexibility index (Phi) is 4.27. The second-order valence-corrected chi connectivity index (χ2v) is 7.05. The topological polar surface area (TPSA) is 72.7 Å². The number of hydrogen-bond acceptors (Lipinski definition) is 6. The molecule has 0 saturated carbocycles. The number of para-hydroxylation sites is 1. The summed E-state index contributed by atoms with van der Waals surface area (Å²) in [5.41, 5.74) is 0.296. The Morgan fingerprint density at radius 2 is 1.88 bits per heavy atom. The lowest BCUT2D eigenvalue weighted by atomic mass is 10.2. The zero-order valence-corrected chi connectivity index (χ0v) is 14.8. The van der Waals surface area contributed by atoms with Gasteiger partial charge in [-0.05, 0) is 30.3 Å². The van der Waals surface area contributed by atoms with Gasteiger partial charge in [0.15, 0.2) is 0 Å². The van der Waals surface area contributed by atoms with Gasteiger partial charge in [-0.25, -0.2) is 0 Å². The molecule has 1 aromatic carbocycles. The number of carbonyl (C=O) groups is 1. The van der Waals surface area contributed by atoms with Gasteiger partial charge >= 0.3 is 0 Å². The van der Waals surface area contributed by atoms with E-state index in [1.165, 1.54) is 10.5 Å². The molecule has 0 unspecified atom stereocenters. The first-order valence-corrected chi connectivity index (χ1v) is 8.83. The highest BCUT2D eigenvalue weighted by atomic mass is 32.2. The maximum Gasteiger partial charge on any atom is 0.269 e. The van der Waals surface area contributed by atoms with Crippen molar-refractivity contribution >= 4 is 45.9 Å². The van der Waals surface area contributed by atoms with Crippen LogP contribution in [0.3, 0.4) is 0 Å². The average molecular weight is 381 g/mol. The van der Waals surface area contributed by atoms with Crippen LogP contribution in [-0.2, 0) is 4.79 Å². The normalized spacial score (nSPS) is 15.5. The molecule has 0 atom stereocenters. The molecule has 26 heavy (non-hydrogen) atoms. The number of thiocarbonyl (C=S) groups is 1. The zero-order chi connectivity index (χ0) is 18.1. The molecule has 1 fully saturated rings. The summed E-state index contributed by atoms with van der Waals surface area (Å²) in [6, 6.07) is 14.2. The highest BCUT2D eigenvalue weighted by Crippen LogP contribution is 2.29. The van der Waals surface area contributed by atoms with E-state index in [0.717, 1.165) is 11.8 Å². The molecule has 1 saturated heterocycles. The van der Waals surface area contributed by atoms with Crippen LogP contribution in [0.2, 0.25) is 0 Å². The third kappa shape index (κ3) is 3.12. The van der Waals surface area contributed by atoms with E-state index in [4.69, 9.17) is 17.0 Å². The molecular weight excluding hydrogens is 370 g/mol. The number of pyridine rings is 1. The minimum Gasteiger partial charge on any atom is -0.438 e. The molecule has 0 bridgehead atoms. The van der Waals surface area contributed by atoms with E-state index in [9.17, 15) is 9.59 Å². The van der Waals surface area contributed by atoms with E-state index in [1.807, 2.05) is 18.2 Å². The van der Waals surface area contributed by atoms with E-state index < -0.39 is 0 Å². The van der Waals surface area contributed by atoms with Crippen molar-refractivity contribution in [3.63, 3.8) is 0 Å². The van der Waals surface area contributed by atoms with Crippen molar-refractivity contribution in [1.29, 1.82) is 0 Å². The lowest BCUT2D eigenvalue weighted by Gasteiger charge is -2.10. The number of aromatic nitrogens is 2. The zero-order valence-electron chi connectivity index (χ0n) is 13.2. The van der Waals surface area contributed by atoms with Gasteiger partial charge in [0.25, 0.3) is 11.5 Å². The summed E-state index contributed by atoms with van der Waals surface area (Å²) >= 11 is 6.10. The number of hydrogen-bond donors (Lipinski definition) is 1. The molecule has 1 aliphatic heterocycles.